The van der Waals surface area contributed by atoms with Gasteiger partial charge in [0.2, 0.25) is 0 Å². The zero-order valence-corrected chi connectivity index (χ0v) is 14.5. The minimum Gasteiger partial charge on any atom is -0.444 e. The highest BCUT2D eigenvalue weighted by Gasteiger charge is 2.27. The number of pyridine rings is 1. The Balaban J connectivity index is 1.91. The first-order valence-electron chi connectivity index (χ1n) is 6.80. The highest BCUT2D eigenvalue weighted by atomic mass is 127. The fourth-order valence-electron chi connectivity index (χ4n) is 2.14. The number of ether oxygens (including phenoxy) is 1. The van der Waals surface area contributed by atoms with Crippen molar-refractivity contribution in [3.63, 3.8) is 0 Å². The number of halogens is 2. The molecule has 2 rings (SSSR count). The molecule has 0 spiro atoms. The molecule has 0 aliphatic carbocycles. The Morgan fingerprint density at radius 1 is 1.57 bits per heavy atom. The van der Waals surface area contributed by atoms with Crippen molar-refractivity contribution >= 4 is 34.5 Å². The van der Waals surface area contributed by atoms with Crippen LogP contribution in [0.1, 0.15) is 27.2 Å². The van der Waals surface area contributed by atoms with E-state index in [1.165, 1.54) is 12.3 Å². The summed E-state index contributed by atoms with van der Waals surface area (Å²) in [5.74, 6) is 0.325. The molecule has 1 saturated heterocycles. The number of amides is 1. The van der Waals surface area contributed by atoms with Gasteiger partial charge in [-0.3, -0.25) is 0 Å². The second-order valence-corrected chi connectivity index (χ2v) is 7.20. The third-order valence-electron chi connectivity index (χ3n) is 3.03. The molecule has 0 bridgehead atoms. The van der Waals surface area contributed by atoms with E-state index in [-0.39, 0.29) is 11.9 Å². The van der Waals surface area contributed by atoms with Crippen LogP contribution in [0, 0.1) is 9.39 Å². The topological polar surface area (TPSA) is 54.5 Å². The van der Waals surface area contributed by atoms with Crippen LogP contribution in [0.25, 0.3) is 0 Å². The van der Waals surface area contributed by atoms with Crippen LogP contribution in [-0.4, -0.2) is 35.8 Å². The summed E-state index contributed by atoms with van der Waals surface area (Å²) in [4.78, 5) is 17.9. The summed E-state index contributed by atoms with van der Waals surface area (Å²) in [5, 5.41) is 2.84. The molecule has 1 fully saturated rings. The van der Waals surface area contributed by atoms with Crippen molar-refractivity contribution in [1.82, 2.24) is 10.3 Å². The number of hydrogen-bond donors (Lipinski definition) is 1. The molecule has 1 unspecified atom stereocenters. The Labute approximate surface area is 137 Å². The van der Waals surface area contributed by atoms with Gasteiger partial charge >= 0.3 is 6.09 Å². The predicted molar refractivity (Wildman–Crippen MR) is 86.9 cm³/mol. The molecule has 1 atom stereocenters. The third kappa shape index (κ3) is 4.69. The summed E-state index contributed by atoms with van der Waals surface area (Å²) in [6.45, 7) is 6.81. The van der Waals surface area contributed by atoms with E-state index in [1.807, 2.05) is 48.3 Å². The number of carbonyl (C=O) groups excluding carboxylic acids is 1. The lowest BCUT2D eigenvalue weighted by atomic mass is 10.2. The Bertz CT molecular complexity index is 533. The van der Waals surface area contributed by atoms with Crippen molar-refractivity contribution in [2.45, 2.75) is 38.8 Å². The van der Waals surface area contributed by atoms with Gasteiger partial charge in [0.15, 0.2) is 0 Å². The Morgan fingerprint density at radius 2 is 2.29 bits per heavy atom. The van der Waals surface area contributed by atoms with Crippen molar-refractivity contribution in [3.8, 4) is 0 Å². The van der Waals surface area contributed by atoms with Crippen LogP contribution in [0.2, 0.25) is 0 Å². The summed E-state index contributed by atoms with van der Waals surface area (Å²) in [6, 6.07) is 1.42. The molecule has 1 aromatic rings. The zero-order valence-electron chi connectivity index (χ0n) is 12.3. The van der Waals surface area contributed by atoms with Crippen molar-refractivity contribution in [2.24, 2.45) is 0 Å². The second-order valence-electron chi connectivity index (χ2n) is 6.03. The molecule has 1 aliphatic rings. The second kappa shape index (κ2) is 6.33. The van der Waals surface area contributed by atoms with Crippen LogP contribution in [0.3, 0.4) is 0 Å². The number of anilines is 1. The van der Waals surface area contributed by atoms with Crippen molar-refractivity contribution in [2.75, 3.05) is 18.0 Å². The molecule has 2 heterocycles. The summed E-state index contributed by atoms with van der Waals surface area (Å²) in [7, 11) is 0. The monoisotopic (exact) mass is 407 g/mol. The lowest BCUT2D eigenvalue weighted by Crippen LogP contribution is -2.40. The highest BCUT2D eigenvalue weighted by molar-refractivity contribution is 14.1. The maximum absolute atomic E-state index is 13.6. The molecule has 21 heavy (non-hydrogen) atoms. The van der Waals surface area contributed by atoms with Gasteiger partial charge in [-0.05, 0) is 49.8 Å². The lowest BCUT2D eigenvalue weighted by Gasteiger charge is -2.22. The molecule has 0 aromatic carbocycles. The summed E-state index contributed by atoms with van der Waals surface area (Å²) in [6.07, 6.45) is 1.88. The molecule has 0 radical (unpaired) electrons. The van der Waals surface area contributed by atoms with E-state index >= 15 is 0 Å². The van der Waals surface area contributed by atoms with Crippen molar-refractivity contribution < 1.29 is 13.9 Å². The molecule has 7 heteroatoms. The van der Waals surface area contributed by atoms with E-state index in [0.717, 1.165) is 13.0 Å². The van der Waals surface area contributed by atoms with Crippen molar-refractivity contribution in [3.05, 3.63) is 21.7 Å². The first kappa shape index (κ1) is 16.3. The number of nitrogens with zero attached hydrogens (tertiary/aromatic N) is 2. The molecule has 1 amide bonds. The Morgan fingerprint density at radius 3 is 2.90 bits per heavy atom. The van der Waals surface area contributed by atoms with E-state index in [2.05, 4.69) is 10.3 Å². The van der Waals surface area contributed by atoms with E-state index in [9.17, 15) is 9.18 Å². The number of rotatable bonds is 2. The summed E-state index contributed by atoms with van der Waals surface area (Å²) < 4.78 is 19.3. The molecule has 5 nitrogen and oxygen atoms in total. The van der Waals surface area contributed by atoms with Crippen molar-refractivity contribution in [1.29, 1.82) is 0 Å². The first-order chi connectivity index (χ1) is 9.74. The standard InChI is InChI=1S/C14H19FIN3O2/c1-14(2,3)21-13(20)18-9-4-5-19(8-9)12-6-10(15)11(16)7-17-12/h6-7,9H,4-5,8H2,1-3H3,(H,18,20). The quantitative estimate of drug-likeness (QED) is 0.767. The first-order valence-corrected chi connectivity index (χ1v) is 7.88. The highest BCUT2D eigenvalue weighted by Crippen LogP contribution is 2.21. The van der Waals surface area contributed by atoms with Crippen LogP contribution >= 0.6 is 22.6 Å². The van der Waals surface area contributed by atoms with Crippen LogP contribution in [0.4, 0.5) is 15.0 Å². The van der Waals surface area contributed by atoms with Gasteiger partial charge in [-0.15, -0.1) is 0 Å². The lowest BCUT2D eigenvalue weighted by molar-refractivity contribution is 0.0509. The van der Waals surface area contributed by atoms with Crippen LogP contribution in [-0.2, 0) is 4.74 Å². The maximum Gasteiger partial charge on any atom is 0.407 e. The average molecular weight is 407 g/mol. The molecule has 1 N–H and O–H groups in total. The summed E-state index contributed by atoms with van der Waals surface area (Å²) in [5.41, 5.74) is -0.511. The average Bonchev–Trinajstić information content (AvgIpc) is 2.78. The number of nitrogens with one attached hydrogen (secondary N) is 1. The van der Waals surface area contributed by atoms with Crippen LogP contribution in [0.5, 0.6) is 0 Å². The Kier molecular flexibility index (Phi) is 4.90. The normalized spacial score (nSPS) is 18.7. The van der Waals surface area contributed by atoms with E-state index in [0.29, 0.717) is 15.9 Å². The minimum absolute atomic E-state index is 0.0102. The largest absolute Gasteiger partial charge is 0.444 e. The number of aromatic nitrogens is 1. The fraction of sp³-hybridized carbons (Fsp3) is 0.571. The van der Waals surface area contributed by atoms with Crippen LogP contribution < -0.4 is 10.2 Å². The molecule has 116 valence electrons. The number of carbonyl (C=O) groups is 1. The third-order valence-corrected chi connectivity index (χ3v) is 3.82. The fourth-order valence-corrected chi connectivity index (χ4v) is 2.43. The van der Waals surface area contributed by atoms with Crippen LogP contribution in [0.15, 0.2) is 12.3 Å². The minimum atomic E-state index is -0.511. The molecular formula is C14H19FIN3O2. The molecule has 0 saturated carbocycles. The van der Waals surface area contributed by atoms with Gasteiger partial charge in [0, 0.05) is 25.4 Å². The van der Waals surface area contributed by atoms with Gasteiger partial charge in [0.05, 0.1) is 9.61 Å². The van der Waals surface area contributed by atoms with Gasteiger partial charge in [0.1, 0.15) is 17.2 Å². The maximum atomic E-state index is 13.6. The zero-order chi connectivity index (χ0) is 15.6. The molecule has 1 aromatic heterocycles. The Hall–Kier alpha value is -1.12. The predicted octanol–water partition coefficient (Wildman–Crippen LogP) is 2.93. The molecule has 1 aliphatic heterocycles. The van der Waals surface area contributed by atoms with Gasteiger partial charge in [-0.2, -0.15) is 0 Å². The number of hydrogen-bond acceptors (Lipinski definition) is 4. The van der Waals surface area contributed by atoms with Gasteiger partial charge in [-0.1, -0.05) is 0 Å². The van der Waals surface area contributed by atoms with E-state index < -0.39 is 11.7 Å². The summed E-state index contributed by atoms with van der Waals surface area (Å²) >= 11 is 1.91. The number of alkyl carbamates (subject to hydrolysis) is 1. The van der Waals surface area contributed by atoms with Gasteiger partial charge in [0.25, 0.3) is 0 Å². The van der Waals surface area contributed by atoms with Gasteiger partial charge in [-0.25, -0.2) is 14.2 Å². The van der Waals surface area contributed by atoms with E-state index in [1.54, 1.807) is 0 Å². The smallest absolute Gasteiger partial charge is 0.407 e. The van der Waals surface area contributed by atoms with E-state index in [4.69, 9.17) is 4.74 Å². The van der Waals surface area contributed by atoms with Gasteiger partial charge < -0.3 is 15.0 Å². The SMILES string of the molecule is CC(C)(C)OC(=O)NC1CCN(c2cc(F)c(I)cn2)C1. The molecular weight excluding hydrogens is 388 g/mol.